The molecule has 0 saturated heterocycles. The van der Waals surface area contributed by atoms with Crippen molar-refractivity contribution < 1.29 is 4.74 Å². The van der Waals surface area contributed by atoms with Crippen LogP contribution in [-0.4, -0.2) is 0 Å². The minimum absolute atomic E-state index is 0.386. The second-order valence-corrected chi connectivity index (χ2v) is 7.13. The van der Waals surface area contributed by atoms with Crippen molar-refractivity contribution in [2.24, 2.45) is 0 Å². The molecule has 0 radical (unpaired) electrons. The second-order valence-electron chi connectivity index (χ2n) is 6.69. The first-order valence-corrected chi connectivity index (χ1v) is 9.87. The maximum atomic E-state index is 5.91. The van der Waals surface area contributed by atoms with Crippen LogP contribution >= 0.6 is 11.6 Å². The Morgan fingerprint density at radius 1 is 0.852 bits per heavy atom. The summed E-state index contributed by atoms with van der Waals surface area (Å²) in [5.74, 6) is 0.877. The standard InChI is InChI=1S/C24H26ClNO/c1-2-6-24(21-7-4-3-5-8-21)26-17-19-11-15-23(16-12-19)27-18-20-9-13-22(25)14-10-20/h3-5,7-16,24,26H,2,6,17-18H2,1H3. The van der Waals surface area contributed by atoms with Crippen LogP contribution in [0.2, 0.25) is 5.02 Å². The Morgan fingerprint density at radius 3 is 2.19 bits per heavy atom. The van der Waals surface area contributed by atoms with Gasteiger partial charge in [0.15, 0.2) is 0 Å². The lowest BCUT2D eigenvalue weighted by Gasteiger charge is -2.19. The molecule has 0 spiro atoms. The van der Waals surface area contributed by atoms with Crippen LogP contribution < -0.4 is 10.1 Å². The summed E-state index contributed by atoms with van der Waals surface area (Å²) >= 11 is 5.91. The molecule has 0 heterocycles. The predicted molar refractivity (Wildman–Crippen MR) is 113 cm³/mol. The van der Waals surface area contributed by atoms with E-state index in [4.69, 9.17) is 16.3 Å². The number of benzene rings is 3. The number of halogens is 1. The molecular weight excluding hydrogens is 354 g/mol. The summed E-state index contributed by atoms with van der Waals surface area (Å²) < 4.78 is 5.86. The van der Waals surface area contributed by atoms with Crippen LogP contribution in [0.4, 0.5) is 0 Å². The van der Waals surface area contributed by atoms with Gasteiger partial charge in [-0.25, -0.2) is 0 Å². The third kappa shape index (κ3) is 6.13. The number of hydrogen-bond acceptors (Lipinski definition) is 2. The smallest absolute Gasteiger partial charge is 0.119 e. The van der Waals surface area contributed by atoms with Gasteiger partial charge in [0.25, 0.3) is 0 Å². The average Bonchev–Trinajstić information content (AvgIpc) is 2.72. The van der Waals surface area contributed by atoms with Crippen molar-refractivity contribution in [3.05, 3.63) is 101 Å². The van der Waals surface area contributed by atoms with Crippen LogP contribution in [0.15, 0.2) is 78.9 Å². The van der Waals surface area contributed by atoms with E-state index in [-0.39, 0.29) is 0 Å². The third-order valence-electron chi connectivity index (χ3n) is 4.57. The van der Waals surface area contributed by atoms with E-state index >= 15 is 0 Å². The molecule has 3 aromatic rings. The number of ether oxygens (including phenoxy) is 1. The quantitative estimate of drug-likeness (QED) is 0.455. The van der Waals surface area contributed by atoms with Gasteiger partial charge in [-0.15, -0.1) is 0 Å². The van der Waals surface area contributed by atoms with Crippen molar-refractivity contribution in [1.29, 1.82) is 0 Å². The van der Waals surface area contributed by atoms with Gasteiger partial charge in [-0.3, -0.25) is 0 Å². The molecule has 1 unspecified atom stereocenters. The summed E-state index contributed by atoms with van der Waals surface area (Å²) in [6.45, 7) is 3.61. The molecule has 27 heavy (non-hydrogen) atoms. The van der Waals surface area contributed by atoms with Crippen molar-refractivity contribution in [2.75, 3.05) is 0 Å². The summed E-state index contributed by atoms with van der Waals surface area (Å²) in [5, 5.41) is 4.43. The number of rotatable bonds is 9. The Hall–Kier alpha value is -2.29. The molecule has 0 aliphatic heterocycles. The van der Waals surface area contributed by atoms with Crippen LogP contribution in [0.3, 0.4) is 0 Å². The zero-order valence-electron chi connectivity index (χ0n) is 15.7. The number of hydrogen-bond donors (Lipinski definition) is 1. The summed E-state index contributed by atoms with van der Waals surface area (Å²) in [6.07, 6.45) is 2.29. The van der Waals surface area contributed by atoms with Gasteiger partial charge in [-0.1, -0.05) is 79.5 Å². The summed E-state index contributed by atoms with van der Waals surface area (Å²) in [4.78, 5) is 0. The highest BCUT2D eigenvalue weighted by atomic mass is 35.5. The van der Waals surface area contributed by atoms with E-state index in [1.54, 1.807) is 0 Å². The Morgan fingerprint density at radius 2 is 1.52 bits per heavy atom. The largest absolute Gasteiger partial charge is 0.489 e. The molecule has 3 aromatic carbocycles. The van der Waals surface area contributed by atoms with Crippen molar-refractivity contribution in [2.45, 2.75) is 39.0 Å². The van der Waals surface area contributed by atoms with Gasteiger partial charge in [0.2, 0.25) is 0 Å². The molecule has 0 saturated carbocycles. The summed E-state index contributed by atoms with van der Waals surface area (Å²) in [5.41, 5.74) is 3.71. The lowest BCUT2D eigenvalue weighted by atomic mass is 10.0. The maximum absolute atomic E-state index is 5.91. The molecule has 140 valence electrons. The topological polar surface area (TPSA) is 21.3 Å². The first kappa shape index (κ1) is 19.5. The van der Waals surface area contributed by atoms with E-state index in [0.29, 0.717) is 12.6 Å². The molecule has 3 rings (SSSR count). The molecule has 0 fully saturated rings. The van der Waals surface area contributed by atoms with Crippen molar-refractivity contribution in [1.82, 2.24) is 5.32 Å². The van der Waals surface area contributed by atoms with Gasteiger partial charge in [-0.05, 0) is 47.4 Å². The first-order valence-electron chi connectivity index (χ1n) is 9.49. The van der Waals surface area contributed by atoms with Gasteiger partial charge < -0.3 is 10.1 Å². The van der Waals surface area contributed by atoms with Gasteiger partial charge in [0.05, 0.1) is 0 Å². The molecule has 0 amide bonds. The average molecular weight is 380 g/mol. The van der Waals surface area contributed by atoms with Gasteiger partial charge in [-0.2, -0.15) is 0 Å². The fourth-order valence-corrected chi connectivity index (χ4v) is 3.18. The summed E-state index contributed by atoms with van der Waals surface area (Å²) in [6, 6.07) is 27.1. The summed E-state index contributed by atoms with van der Waals surface area (Å²) in [7, 11) is 0. The van der Waals surface area contributed by atoms with Crippen LogP contribution in [0, 0.1) is 0 Å². The monoisotopic (exact) mass is 379 g/mol. The van der Waals surface area contributed by atoms with Gasteiger partial charge in [0, 0.05) is 17.6 Å². The van der Waals surface area contributed by atoms with Crippen molar-refractivity contribution in [3.8, 4) is 5.75 Å². The molecule has 2 nitrogen and oxygen atoms in total. The molecule has 1 N–H and O–H groups in total. The fourth-order valence-electron chi connectivity index (χ4n) is 3.05. The SMILES string of the molecule is CCCC(NCc1ccc(OCc2ccc(Cl)cc2)cc1)c1ccccc1. The highest BCUT2D eigenvalue weighted by Crippen LogP contribution is 2.20. The van der Waals surface area contributed by atoms with E-state index in [9.17, 15) is 0 Å². The van der Waals surface area contributed by atoms with Gasteiger partial charge >= 0.3 is 0 Å². The molecule has 0 aliphatic rings. The highest BCUT2D eigenvalue weighted by molar-refractivity contribution is 6.30. The second kappa shape index (κ2) is 10.1. The Kier molecular flexibility index (Phi) is 7.32. The third-order valence-corrected chi connectivity index (χ3v) is 4.83. The maximum Gasteiger partial charge on any atom is 0.119 e. The molecule has 3 heteroatoms. The van der Waals surface area contributed by atoms with Crippen molar-refractivity contribution in [3.63, 3.8) is 0 Å². The molecule has 0 bridgehead atoms. The van der Waals surface area contributed by atoms with Crippen LogP contribution in [0.1, 0.15) is 42.5 Å². The number of nitrogens with one attached hydrogen (secondary N) is 1. The lowest BCUT2D eigenvalue weighted by molar-refractivity contribution is 0.306. The van der Waals surface area contributed by atoms with Crippen LogP contribution in [-0.2, 0) is 13.2 Å². The molecule has 0 aliphatic carbocycles. The lowest BCUT2D eigenvalue weighted by Crippen LogP contribution is -2.20. The van der Waals surface area contributed by atoms with Gasteiger partial charge in [0.1, 0.15) is 12.4 Å². The minimum Gasteiger partial charge on any atom is -0.489 e. The van der Waals surface area contributed by atoms with Crippen molar-refractivity contribution >= 4 is 11.6 Å². The zero-order valence-corrected chi connectivity index (χ0v) is 16.5. The van der Waals surface area contributed by atoms with Crippen LogP contribution in [0.5, 0.6) is 5.75 Å². The molecule has 1 atom stereocenters. The molecular formula is C24H26ClNO. The Bertz CT molecular complexity index is 800. The fraction of sp³-hybridized carbons (Fsp3) is 0.250. The first-order chi connectivity index (χ1) is 13.2. The van der Waals surface area contributed by atoms with Crippen LogP contribution in [0.25, 0.3) is 0 Å². The molecule has 0 aromatic heterocycles. The van der Waals surface area contributed by atoms with E-state index < -0.39 is 0 Å². The van der Waals surface area contributed by atoms with E-state index in [1.807, 2.05) is 36.4 Å². The minimum atomic E-state index is 0.386. The highest BCUT2D eigenvalue weighted by Gasteiger charge is 2.09. The normalized spacial score (nSPS) is 11.9. The van der Waals surface area contributed by atoms with E-state index in [1.165, 1.54) is 11.1 Å². The van der Waals surface area contributed by atoms with E-state index in [2.05, 4.69) is 54.7 Å². The van der Waals surface area contributed by atoms with E-state index in [0.717, 1.165) is 35.7 Å². The Balaban J connectivity index is 1.52. The zero-order chi connectivity index (χ0) is 18.9. The Labute approximate surface area is 167 Å². The predicted octanol–water partition coefficient (Wildman–Crippen LogP) is 6.55.